The van der Waals surface area contributed by atoms with Crippen LogP contribution in [0.15, 0.2) is 23.4 Å². The molecule has 1 saturated heterocycles. The van der Waals surface area contributed by atoms with E-state index in [2.05, 4.69) is 4.98 Å². The first-order valence-corrected chi connectivity index (χ1v) is 9.27. The average Bonchev–Trinajstić information content (AvgIpc) is 2.51. The molecule has 1 fully saturated rings. The molecule has 0 unspecified atom stereocenters. The van der Waals surface area contributed by atoms with Gasteiger partial charge < -0.3 is 0 Å². The van der Waals surface area contributed by atoms with Gasteiger partial charge in [0, 0.05) is 25.5 Å². The van der Waals surface area contributed by atoms with Gasteiger partial charge in [-0.05, 0) is 12.5 Å². The normalized spacial score (nSPS) is 20.9. The summed E-state index contributed by atoms with van der Waals surface area (Å²) in [5.74, 6) is -0.149. The molecule has 0 amide bonds. The van der Waals surface area contributed by atoms with Gasteiger partial charge in [0.05, 0.1) is 16.5 Å². The molecule has 1 aromatic rings. The quantitative estimate of drug-likeness (QED) is 0.793. The van der Waals surface area contributed by atoms with Crippen LogP contribution in [-0.4, -0.2) is 50.7 Å². The summed E-state index contributed by atoms with van der Waals surface area (Å²) in [7, 11) is -6.95. The lowest BCUT2D eigenvalue weighted by Crippen LogP contribution is -2.33. The third kappa shape index (κ3) is 3.25. The van der Waals surface area contributed by atoms with Crippen LogP contribution in [0.1, 0.15) is 6.42 Å². The van der Waals surface area contributed by atoms with Crippen molar-refractivity contribution in [3.05, 3.63) is 23.5 Å². The second kappa shape index (κ2) is 5.35. The standard InChI is InChI=1S/C10H13ClN2O4S2/c11-9-2-3-12-8-10(9)19(16,17)13-4-1-6-18(14,15)7-5-13/h2-3,8H,1,4-7H2. The van der Waals surface area contributed by atoms with E-state index in [9.17, 15) is 16.8 Å². The minimum atomic E-state index is -3.79. The highest BCUT2D eigenvalue weighted by molar-refractivity contribution is 7.91. The first kappa shape index (κ1) is 14.7. The van der Waals surface area contributed by atoms with Crippen LogP contribution in [0.25, 0.3) is 0 Å². The zero-order valence-corrected chi connectivity index (χ0v) is 12.4. The van der Waals surface area contributed by atoms with Crippen LogP contribution in [-0.2, 0) is 19.9 Å². The molecule has 0 spiro atoms. The molecule has 19 heavy (non-hydrogen) atoms. The first-order chi connectivity index (χ1) is 8.83. The van der Waals surface area contributed by atoms with Crippen LogP contribution in [0.4, 0.5) is 0 Å². The predicted octanol–water partition coefficient (Wildman–Crippen LogP) is 0.544. The highest BCUT2D eigenvalue weighted by atomic mass is 35.5. The number of aromatic nitrogens is 1. The summed E-state index contributed by atoms with van der Waals surface area (Å²) in [6.07, 6.45) is 2.87. The molecule has 2 rings (SSSR count). The lowest BCUT2D eigenvalue weighted by atomic mass is 10.5. The molecule has 1 aliphatic heterocycles. The molecule has 0 N–H and O–H groups in total. The molecule has 2 heterocycles. The molecule has 1 aliphatic rings. The van der Waals surface area contributed by atoms with Gasteiger partial charge in [0.2, 0.25) is 10.0 Å². The maximum Gasteiger partial charge on any atom is 0.246 e. The van der Waals surface area contributed by atoms with E-state index in [1.54, 1.807) is 0 Å². The summed E-state index contributed by atoms with van der Waals surface area (Å²) < 4.78 is 48.9. The van der Waals surface area contributed by atoms with Crippen LogP contribution < -0.4 is 0 Å². The maximum absolute atomic E-state index is 12.4. The fraction of sp³-hybridized carbons (Fsp3) is 0.500. The Kier molecular flexibility index (Phi) is 4.14. The SMILES string of the molecule is O=S1(=O)CCCN(S(=O)(=O)c2cnccc2Cl)CC1. The number of hydrogen-bond donors (Lipinski definition) is 0. The zero-order chi connectivity index (χ0) is 14.1. The van der Waals surface area contributed by atoms with Crippen molar-refractivity contribution < 1.29 is 16.8 Å². The van der Waals surface area contributed by atoms with E-state index in [-0.39, 0.29) is 34.5 Å². The predicted molar refractivity (Wildman–Crippen MR) is 71.3 cm³/mol. The summed E-state index contributed by atoms with van der Waals surface area (Å²) >= 11 is 5.86. The van der Waals surface area contributed by atoms with E-state index in [0.29, 0.717) is 6.42 Å². The van der Waals surface area contributed by atoms with Crippen LogP contribution in [0.2, 0.25) is 5.02 Å². The van der Waals surface area contributed by atoms with Crippen LogP contribution in [0.3, 0.4) is 0 Å². The maximum atomic E-state index is 12.4. The second-order valence-corrected chi connectivity index (χ2v) is 8.83. The van der Waals surface area contributed by atoms with Gasteiger partial charge in [0.25, 0.3) is 0 Å². The van der Waals surface area contributed by atoms with Gasteiger partial charge in [0.1, 0.15) is 4.90 Å². The van der Waals surface area contributed by atoms with E-state index in [4.69, 9.17) is 11.6 Å². The number of rotatable bonds is 2. The van der Waals surface area contributed by atoms with Crippen molar-refractivity contribution in [3.8, 4) is 0 Å². The summed E-state index contributed by atoms with van der Waals surface area (Å²) in [6, 6.07) is 1.39. The lowest BCUT2D eigenvalue weighted by molar-refractivity contribution is 0.434. The largest absolute Gasteiger partial charge is 0.263 e. The minimum Gasteiger partial charge on any atom is -0.263 e. The molecule has 106 valence electrons. The van der Waals surface area contributed by atoms with Gasteiger partial charge in [-0.25, -0.2) is 16.8 Å². The Morgan fingerprint density at radius 2 is 2.00 bits per heavy atom. The number of hydrogen-bond acceptors (Lipinski definition) is 5. The van der Waals surface area contributed by atoms with Crippen molar-refractivity contribution in [2.24, 2.45) is 0 Å². The van der Waals surface area contributed by atoms with Gasteiger partial charge in [-0.3, -0.25) is 4.98 Å². The van der Waals surface area contributed by atoms with Crippen molar-refractivity contribution in [1.82, 2.24) is 9.29 Å². The van der Waals surface area contributed by atoms with Crippen molar-refractivity contribution in [3.63, 3.8) is 0 Å². The lowest BCUT2D eigenvalue weighted by Gasteiger charge is -2.19. The molecule has 0 radical (unpaired) electrons. The third-order valence-corrected chi connectivity index (χ3v) is 6.95. The zero-order valence-electron chi connectivity index (χ0n) is 9.99. The van der Waals surface area contributed by atoms with E-state index in [1.165, 1.54) is 18.5 Å². The summed E-state index contributed by atoms with van der Waals surface area (Å²) in [5, 5.41) is 0.0853. The Bertz CT molecular complexity index is 673. The van der Waals surface area contributed by atoms with Gasteiger partial charge in [-0.15, -0.1) is 0 Å². The van der Waals surface area contributed by atoms with Gasteiger partial charge in [-0.2, -0.15) is 4.31 Å². The van der Waals surface area contributed by atoms with Crippen molar-refractivity contribution in [1.29, 1.82) is 0 Å². The Morgan fingerprint density at radius 3 is 2.68 bits per heavy atom. The average molecular weight is 325 g/mol. The molecule has 0 saturated carbocycles. The Hall–Kier alpha value is -0.700. The summed E-state index contributed by atoms with van der Waals surface area (Å²) in [5.41, 5.74) is 0. The Labute approximate surface area is 117 Å². The number of sulfonamides is 1. The van der Waals surface area contributed by atoms with Crippen molar-refractivity contribution in [2.75, 3.05) is 24.6 Å². The summed E-state index contributed by atoms with van der Waals surface area (Å²) in [4.78, 5) is 3.66. The Morgan fingerprint density at radius 1 is 1.26 bits per heavy atom. The third-order valence-electron chi connectivity index (χ3n) is 2.87. The number of pyridine rings is 1. The molecule has 0 bridgehead atoms. The fourth-order valence-corrected chi connectivity index (χ4v) is 5.12. The van der Waals surface area contributed by atoms with Crippen molar-refractivity contribution in [2.45, 2.75) is 11.3 Å². The molecule has 6 nitrogen and oxygen atoms in total. The smallest absolute Gasteiger partial charge is 0.246 e. The van der Waals surface area contributed by atoms with E-state index >= 15 is 0 Å². The molecule has 9 heteroatoms. The number of sulfone groups is 1. The van der Waals surface area contributed by atoms with Gasteiger partial charge >= 0.3 is 0 Å². The highest BCUT2D eigenvalue weighted by Gasteiger charge is 2.30. The highest BCUT2D eigenvalue weighted by Crippen LogP contribution is 2.24. The monoisotopic (exact) mass is 324 g/mol. The van der Waals surface area contributed by atoms with Gasteiger partial charge in [-0.1, -0.05) is 11.6 Å². The molecular weight excluding hydrogens is 312 g/mol. The van der Waals surface area contributed by atoms with E-state index < -0.39 is 19.9 Å². The minimum absolute atomic E-state index is 0.0137. The number of halogens is 1. The first-order valence-electron chi connectivity index (χ1n) is 5.63. The molecule has 0 aromatic carbocycles. The van der Waals surface area contributed by atoms with Crippen molar-refractivity contribution >= 4 is 31.5 Å². The second-order valence-electron chi connectivity index (χ2n) is 4.22. The van der Waals surface area contributed by atoms with Crippen LogP contribution in [0, 0.1) is 0 Å². The summed E-state index contributed by atoms with van der Waals surface area (Å²) in [6.45, 7) is 0.128. The molecule has 0 aliphatic carbocycles. The van der Waals surface area contributed by atoms with E-state index in [0.717, 1.165) is 4.31 Å². The molecule has 0 atom stereocenters. The van der Waals surface area contributed by atoms with Crippen LogP contribution >= 0.6 is 11.6 Å². The fourth-order valence-electron chi connectivity index (χ4n) is 1.85. The topological polar surface area (TPSA) is 84.4 Å². The molecule has 1 aromatic heterocycles. The van der Waals surface area contributed by atoms with E-state index in [1.807, 2.05) is 0 Å². The number of nitrogens with zero attached hydrogens (tertiary/aromatic N) is 2. The van der Waals surface area contributed by atoms with Crippen LogP contribution in [0.5, 0.6) is 0 Å². The molecular formula is C10H13ClN2O4S2. The van der Waals surface area contributed by atoms with Gasteiger partial charge in [0.15, 0.2) is 9.84 Å². The Balaban J connectivity index is 2.33.